The van der Waals surface area contributed by atoms with Crippen molar-refractivity contribution in [1.82, 2.24) is 0 Å². The number of allylic oxidation sites excluding steroid dienone is 1. The van der Waals surface area contributed by atoms with Crippen LogP contribution in [0.5, 0.6) is 0 Å². The van der Waals surface area contributed by atoms with Crippen LogP contribution < -0.4 is 0 Å². The van der Waals surface area contributed by atoms with E-state index < -0.39 is 5.92 Å². The minimum atomic E-state index is -0.433. The van der Waals surface area contributed by atoms with Crippen molar-refractivity contribution in [3.8, 4) is 0 Å². The van der Waals surface area contributed by atoms with Crippen molar-refractivity contribution >= 4 is 11.8 Å². The number of hydrogen-bond donors (Lipinski definition) is 0. The Labute approximate surface area is 107 Å². The molecule has 1 rings (SSSR count). The van der Waals surface area contributed by atoms with Crippen LogP contribution in [-0.2, 0) is 20.7 Å². The van der Waals surface area contributed by atoms with E-state index in [1.54, 1.807) is 6.92 Å². The maximum absolute atomic E-state index is 11.8. The third-order valence-corrected chi connectivity index (χ3v) is 2.62. The van der Waals surface area contributed by atoms with Gasteiger partial charge < -0.3 is 4.74 Å². The lowest BCUT2D eigenvalue weighted by atomic mass is 9.94. The summed E-state index contributed by atoms with van der Waals surface area (Å²) in [6.07, 6.45) is 1.91. The van der Waals surface area contributed by atoms with Gasteiger partial charge in [0.25, 0.3) is 0 Å². The van der Waals surface area contributed by atoms with Crippen LogP contribution in [-0.4, -0.2) is 18.4 Å². The largest absolute Gasteiger partial charge is 0.466 e. The quantitative estimate of drug-likeness (QED) is 0.548. The van der Waals surface area contributed by atoms with Gasteiger partial charge in [-0.25, -0.2) is 0 Å². The van der Waals surface area contributed by atoms with Gasteiger partial charge in [-0.2, -0.15) is 0 Å². The highest BCUT2D eigenvalue weighted by atomic mass is 16.5. The second-order valence-corrected chi connectivity index (χ2v) is 4.01. The van der Waals surface area contributed by atoms with Gasteiger partial charge in [0.2, 0.25) is 0 Å². The third-order valence-electron chi connectivity index (χ3n) is 2.62. The van der Waals surface area contributed by atoms with Gasteiger partial charge in [0.1, 0.15) is 0 Å². The van der Waals surface area contributed by atoms with E-state index in [1.165, 1.54) is 6.08 Å². The maximum atomic E-state index is 11.8. The molecule has 0 spiro atoms. The normalized spacial score (nSPS) is 11.6. The number of benzene rings is 1. The van der Waals surface area contributed by atoms with Gasteiger partial charge in [-0.3, -0.25) is 9.59 Å². The summed E-state index contributed by atoms with van der Waals surface area (Å²) >= 11 is 0. The van der Waals surface area contributed by atoms with Gasteiger partial charge >= 0.3 is 5.97 Å². The standard InChI is InChI=1S/C15H18O3/c1-3-14(16)11-13(15(17)18-4-2)10-12-8-6-5-7-9-12/h3,5-9,13H,1,4,10-11H2,2H3. The highest BCUT2D eigenvalue weighted by Gasteiger charge is 2.22. The van der Waals surface area contributed by atoms with Gasteiger partial charge in [-0.1, -0.05) is 36.9 Å². The molecular formula is C15H18O3. The van der Waals surface area contributed by atoms with Gasteiger partial charge in [-0.15, -0.1) is 0 Å². The van der Waals surface area contributed by atoms with E-state index in [4.69, 9.17) is 4.74 Å². The van der Waals surface area contributed by atoms with Crippen molar-refractivity contribution in [3.63, 3.8) is 0 Å². The molecule has 0 saturated carbocycles. The Bertz CT molecular complexity index is 409. The Morgan fingerprint density at radius 2 is 2.00 bits per heavy atom. The second-order valence-electron chi connectivity index (χ2n) is 4.01. The molecule has 0 radical (unpaired) electrons. The summed E-state index contributed by atoms with van der Waals surface area (Å²) in [5.74, 6) is -0.890. The lowest BCUT2D eigenvalue weighted by Gasteiger charge is -2.14. The number of carbonyl (C=O) groups is 2. The third kappa shape index (κ3) is 4.53. The summed E-state index contributed by atoms with van der Waals surface area (Å²) in [5.41, 5.74) is 1.02. The highest BCUT2D eigenvalue weighted by Crippen LogP contribution is 2.15. The average Bonchev–Trinajstić information content (AvgIpc) is 2.39. The molecular weight excluding hydrogens is 228 g/mol. The summed E-state index contributed by atoms with van der Waals surface area (Å²) in [6.45, 7) is 5.51. The van der Waals surface area contributed by atoms with Gasteiger partial charge in [0.15, 0.2) is 5.78 Å². The van der Waals surface area contributed by atoms with Crippen LogP contribution in [0.4, 0.5) is 0 Å². The van der Waals surface area contributed by atoms with Crippen LogP contribution >= 0.6 is 0 Å². The summed E-state index contributed by atoms with van der Waals surface area (Å²) in [7, 11) is 0. The first kappa shape index (κ1) is 14.2. The lowest BCUT2D eigenvalue weighted by Crippen LogP contribution is -2.22. The molecule has 1 aromatic rings. The topological polar surface area (TPSA) is 43.4 Å². The molecule has 0 fully saturated rings. The molecule has 3 heteroatoms. The van der Waals surface area contributed by atoms with Gasteiger partial charge in [-0.05, 0) is 25.0 Å². The van der Waals surface area contributed by atoms with E-state index >= 15 is 0 Å². The van der Waals surface area contributed by atoms with Crippen molar-refractivity contribution in [2.75, 3.05) is 6.61 Å². The van der Waals surface area contributed by atoms with Crippen LogP contribution in [0.2, 0.25) is 0 Å². The molecule has 1 atom stereocenters. The summed E-state index contributed by atoms with van der Waals surface area (Å²) in [4.78, 5) is 23.2. The van der Waals surface area contributed by atoms with Crippen molar-refractivity contribution in [2.24, 2.45) is 5.92 Å². The molecule has 0 bridgehead atoms. The van der Waals surface area contributed by atoms with Crippen LogP contribution in [0, 0.1) is 5.92 Å². The molecule has 0 saturated heterocycles. The molecule has 3 nitrogen and oxygen atoms in total. The molecule has 0 aliphatic heterocycles. The zero-order valence-electron chi connectivity index (χ0n) is 10.6. The molecule has 0 aliphatic carbocycles. The Kier molecular flexibility index (Phi) is 5.85. The number of carbonyl (C=O) groups excluding carboxylic acids is 2. The van der Waals surface area contributed by atoms with Crippen LogP contribution in [0.15, 0.2) is 43.0 Å². The fourth-order valence-corrected chi connectivity index (χ4v) is 1.72. The van der Waals surface area contributed by atoms with Crippen LogP contribution in [0.1, 0.15) is 18.9 Å². The number of rotatable bonds is 7. The van der Waals surface area contributed by atoms with E-state index in [-0.39, 0.29) is 18.2 Å². The molecule has 1 aromatic carbocycles. The van der Waals surface area contributed by atoms with Crippen LogP contribution in [0.25, 0.3) is 0 Å². The van der Waals surface area contributed by atoms with E-state index in [2.05, 4.69) is 6.58 Å². The zero-order chi connectivity index (χ0) is 13.4. The first-order valence-corrected chi connectivity index (χ1v) is 6.03. The molecule has 0 aliphatic rings. The van der Waals surface area contributed by atoms with Crippen molar-refractivity contribution in [2.45, 2.75) is 19.8 Å². The number of hydrogen-bond acceptors (Lipinski definition) is 3. The number of ketones is 1. The summed E-state index contributed by atoms with van der Waals surface area (Å²) in [6, 6.07) is 9.60. The predicted molar refractivity (Wildman–Crippen MR) is 70.1 cm³/mol. The van der Waals surface area contributed by atoms with Gasteiger partial charge in [0.05, 0.1) is 12.5 Å². The van der Waals surface area contributed by atoms with Crippen molar-refractivity contribution in [3.05, 3.63) is 48.6 Å². The van der Waals surface area contributed by atoms with Gasteiger partial charge in [0, 0.05) is 6.42 Å². The van der Waals surface area contributed by atoms with Crippen molar-refractivity contribution in [1.29, 1.82) is 0 Å². The predicted octanol–water partition coefficient (Wildman–Crippen LogP) is 2.55. The molecule has 0 aromatic heterocycles. The Morgan fingerprint density at radius 1 is 1.33 bits per heavy atom. The fourth-order valence-electron chi connectivity index (χ4n) is 1.72. The van der Waals surface area contributed by atoms with E-state index in [1.807, 2.05) is 30.3 Å². The second kappa shape index (κ2) is 7.43. The molecule has 1 unspecified atom stereocenters. The lowest BCUT2D eigenvalue weighted by molar-refractivity contribution is -0.149. The number of esters is 1. The van der Waals surface area contributed by atoms with E-state index in [0.717, 1.165) is 5.56 Å². The monoisotopic (exact) mass is 246 g/mol. The summed E-state index contributed by atoms with van der Waals surface area (Å²) < 4.78 is 5.00. The first-order valence-electron chi connectivity index (χ1n) is 6.03. The smallest absolute Gasteiger partial charge is 0.309 e. The molecule has 0 N–H and O–H groups in total. The molecule has 0 amide bonds. The highest BCUT2D eigenvalue weighted by molar-refractivity contribution is 5.92. The Hall–Kier alpha value is -1.90. The van der Waals surface area contributed by atoms with Crippen LogP contribution in [0.3, 0.4) is 0 Å². The average molecular weight is 246 g/mol. The fraction of sp³-hybridized carbons (Fsp3) is 0.333. The Balaban J connectivity index is 2.74. The Morgan fingerprint density at radius 3 is 2.56 bits per heavy atom. The summed E-state index contributed by atoms with van der Waals surface area (Å²) in [5, 5.41) is 0. The molecule has 18 heavy (non-hydrogen) atoms. The SMILES string of the molecule is C=CC(=O)CC(Cc1ccccc1)C(=O)OCC. The minimum absolute atomic E-state index is 0.135. The number of ether oxygens (including phenoxy) is 1. The van der Waals surface area contributed by atoms with E-state index in [0.29, 0.717) is 13.0 Å². The molecule has 0 heterocycles. The maximum Gasteiger partial charge on any atom is 0.309 e. The van der Waals surface area contributed by atoms with E-state index in [9.17, 15) is 9.59 Å². The first-order chi connectivity index (χ1) is 8.67. The zero-order valence-corrected chi connectivity index (χ0v) is 10.6. The van der Waals surface area contributed by atoms with Crippen molar-refractivity contribution < 1.29 is 14.3 Å². The minimum Gasteiger partial charge on any atom is -0.466 e. The molecule has 96 valence electrons.